The Hall–Kier alpha value is -3.60. The lowest BCUT2D eigenvalue weighted by atomic mass is 9.86. The second kappa shape index (κ2) is 8.74. The Morgan fingerprint density at radius 3 is 2.42 bits per heavy atom. The lowest BCUT2D eigenvalue weighted by Crippen LogP contribution is -2.49. The molecule has 0 aliphatic carbocycles. The van der Waals surface area contributed by atoms with Gasteiger partial charge >= 0.3 is 0 Å². The number of nitrogens with one attached hydrogen (secondary N) is 1. The molecular weight excluding hydrogens is 408 g/mol. The Bertz CT molecular complexity index is 1230. The summed E-state index contributed by atoms with van der Waals surface area (Å²) in [6.45, 7) is 13.2. The van der Waals surface area contributed by atoms with E-state index >= 15 is 0 Å². The number of nitrogens with zero attached hydrogens (tertiary/aromatic N) is 3. The van der Waals surface area contributed by atoms with E-state index in [1.54, 1.807) is 12.3 Å². The zero-order valence-corrected chi connectivity index (χ0v) is 20.3. The van der Waals surface area contributed by atoms with Gasteiger partial charge < -0.3 is 9.47 Å². The molecule has 33 heavy (non-hydrogen) atoms. The number of anilines is 1. The predicted octanol–water partition coefficient (Wildman–Crippen LogP) is 5.96. The first-order valence-electron chi connectivity index (χ1n) is 11.4. The van der Waals surface area contributed by atoms with Crippen LogP contribution in [0.25, 0.3) is 11.3 Å². The first-order chi connectivity index (χ1) is 15.7. The number of hydrogen-bond acceptors (Lipinski definition) is 3. The minimum atomic E-state index is -0.241. The molecule has 1 amide bonds. The van der Waals surface area contributed by atoms with Gasteiger partial charge in [0.2, 0.25) is 0 Å². The molecule has 0 saturated carbocycles. The molecule has 1 N–H and O–H groups in total. The van der Waals surface area contributed by atoms with Crippen molar-refractivity contribution < 1.29 is 4.79 Å². The van der Waals surface area contributed by atoms with Crippen LogP contribution in [0.5, 0.6) is 0 Å². The lowest BCUT2D eigenvalue weighted by molar-refractivity contribution is 0.0955. The van der Waals surface area contributed by atoms with E-state index in [0.717, 1.165) is 16.8 Å². The molecule has 0 bridgehead atoms. The van der Waals surface area contributed by atoms with E-state index in [1.807, 2.05) is 47.3 Å². The molecule has 0 spiro atoms. The maximum atomic E-state index is 12.9. The number of amides is 1. The summed E-state index contributed by atoms with van der Waals surface area (Å²) >= 11 is 0. The monoisotopic (exact) mass is 440 g/mol. The van der Waals surface area contributed by atoms with E-state index in [4.69, 9.17) is 0 Å². The third-order valence-corrected chi connectivity index (χ3v) is 6.18. The first kappa shape index (κ1) is 22.6. The Labute approximate surface area is 196 Å². The molecule has 0 radical (unpaired) electrons. The van der Waals surface area contributed by atoms with Crippen molar-refractivity contribution in [1.29, 1.82) is 0 Å². The highest BCUT2D eigenvalue weighted by atomic mass is 16.2. The number of hydrazone groups is 1. The molecule has 0 unspecified atom stereocenters. The fourth-order valence-corrected chi connectivity index (χ4v) is 4.90. The Morgan fingerprint density at radius 2 is 1.73 bits per heavy atom. The molecule has 0 atom stereocenters. The van der Waals surface area contributed by atoms with Crippen LogP contribution in [-0.2, 0) is 0 Å². The van der Waals surface area contributed by atoms with Crippen molar-refractivity contribution in [3.05, 3.63) is 89.3 Å². The van der Waals surface area contributed by atoms with Crippen molar-refractivity contribution in [3.8, 4) is 5.69 Å². The summed E-state index contributed by atoms with van der Waals surface area (Å²) < 4.78 is 1.92. The van der Waals surface area contributed by atoms with Crippen molar-refractivity contribution in [2.45, 2.75) is 53.1 Å². The Morgan fingerprint density at radius 1 is 1.03 bits per heavy atom. The van der Waals surface area contributed by atoms with Gasteiger partial charge in [0.15, 0.2) is 0 Å². The van der Waals surface area contributed by atoms with Crippen LogP contribution in [-0.4, -0.2) is 28.3 Å². The summed E-state index contributed by atoms with van der Waals surface area (Å²) in [5, 5.41) is 4.29. The Balaban J connectivity index is 1.60. The number of aromatic nitrogens is 1. The molecule has 0 saturated heterocycles. The molecule has 1 aliphatic heterocycles. The summed E-state index contributed by atoms with van der Waals surface area (Å²) in [5.74, 6) is -0.241. The van der Waals surface area contributed by atoms with E-state index in [1.165, 1.54) is 16.8 Å². The van der Waals surface area contributed by atoms with E-state index in [-0.39, 0.29) is 11.4 Å². The summed E-state index contributed by atoms with van der Waals surface area (Å²) in [5.41, 5.74) is 9.86. The molecule has 2 heterocycles. The fourth-order valence-electron chi connectivity index (χ4n) is 4.90. The maximum Gasteiger partial charge on any atom is 0.273 e. The van der Waals surface area contributed by atoms with Crippen molar-refractivity contribution in [2.75, 3.05) is 4.90 Å². The molecule has 2 aromatic carbocycles. The van der Waals surface area contributed by atoms with Crippen LogP contribution in [0.4, 0.5) is 5.69 Å². The van der Waals surface area contributed by atoms with Crippen molar-refractivity contribution in [2.24, 2.45) is 5.10 Å². The third-order valence-electron chi connectivity index (χ3n) is 6.18. The topological polar surface area (TPSA) is 49.6 Å². The van der Waals surface area contributed by atoms with Gasteiger partial charge in [-0.2, -0.15) is 5.10 Å². The van der Waals surface area contributed by atoms with Crippen LogP contribution < -0.4 is 10.3 Å². The smallest absolute Gasteiger partial charge is 0.273 e. The second-order valence-electron chi connectivity index (χ2n) is 9.48. The van der Waals surface area contributed by atoms with Gasteiger partial charge in [0.25, 0.3) is 5.91 Å². The lowest BCUT2D eigenvalue weighted by Gasteiger charge is -2.46. The molecule has 0 fully saturated rings. The van der Waals surface area contributed by atoms with Gasteiger partial charge in [-0.05, 0) is 94.6 Å². The van der Waals surface area contributed by atoms with Crippen LogP contribution >= 0.6 is 0 Å². The van der Waals surface area contributed by atoms with Crippen LogP contribution in [0.3, 0.4) is 0 Å². The summed E-state index contributed by atoms with van der Waals surface area (Å²) in [4.78, 5) is 15.3. The quantitative estimate of drug-likeness (QED) is 0.393. The number of rotatable bonds is 5. The van der Waals surface area contributed by atoms with Crippen molar-refractivity contribution >= 4 is 23.4 Å². The largest absolute Gasteiger partial charge is 0.360 e. The standard InChI is InChI=1S/C28H32N4O/c1-19(2)32-26-15-20(3)22(16-24(26)21(4)17-28(32,5)6)18-29-30-27(33)23-11-7-8-12-25(23)31-13-9-10-14-31/h7-19H,1-6H3,(H,30,33)/b29-18-. The average Bonchev–Trinajstić information content (AvgIpc) is 3.28. The van der Waals surface area contributed by atoms with Gasteiger partial charge in [0.1, 0.15) is 0 Å². The number of fused-ring (bicyclic) bond motifs is 1. The Kier molecular flexibility index (Phi) is 5.98. The number of hydrogen-bond donors (Lipinski definition) is 1. The fraction of sp³-hybridized carbons (Fsp3) is 0.286. The van der Waals surface area contributed by atoms with Gasteiger partial charge in [-0.3, -0.25) is 4.79 Å². The van der Waals surface area contributed by atoms with Crippen molar-refractivity contribution in [1.82, 2.24) is 9.99 Å². The molecule has 3 aromatic rings. The second-order valence-corrected chi connectivity index (χ2v) is 9.48. The van der Waals surface area contributed by atoms with E-state index in [9.17, 15) is 4.79 Å². The number of allylic oxidation sites excluding steroid dienone is 1. The van der Waals surface area contributed by atoms with Gasteiger partial charge in [0.05, 0.1) is 23.0 Å². The third kappa shape index (κ3) is 4.36. The normalized spacial score (nSPS) is 15.0. The number of carbonyl (C=O) groups excluding carboxylic acids is 1. The zero-order valence-electron chi connectivity index (χ0n) is 20.3. The van der Waals surface area contributed by atoms with Crippen LogP contribution in [0.2, 0.25) is 0 Å². The summed E-state index contributed by atoms with van der Waals surface area (Å²) in [6, 6.07) is 16.2. The average molecular weight is 441 g/mol. The van der Waals surface area contributed by atoms with Crippen LogP contribution in [0, 0.1) is 6.92 Å². The highest BCUT2D eigenvalue weighted by Gasteiger charge is 2.33. The number of benzene rings is 2. The molecule has 5 heteroatoms. The molecule has 4 rings (SSSR count). The predicted molar refractivity (Wildman–Crippen MR) is 137 cm³/mol. The number of aryl methyl sites for hydroxylation is 1. The van der Waals surface area contributed by atoms with Gasteiger partial charge in [-0.15, -0.1) is 0 Å². The highest BCUT2D eigenvalue weighted by Crippen LogP contribution is 2.41. The molecule has 5 nitrogen and oxygen atoms in total. The molecular formula is C28H32N4O. The zero-order chi connectivity index (χ0) is 23.8. The van der Waals surface area contributed by atoms with Gasteiger partial charge in [-0.1, -0.05) is 18.2 Å². The van der Waals surface area contributed by atoms with Gasteiger partial charge in [-0.25, -0.2) is 5.43 Å². The van der Waals surface area contributed by atoms with E-state index in [0.29, 0.717) is 11.6 Å². The summed E-state index contributed by atoms with van der Waals surface area (Å²) in [6.07, 6.45) is 7.90. The van der Waals surface area contributed by atoms with E-state index < -0.39 is 0 Å². The molecule has 170 valence electrons. The van der Waals surface area contributed by atoms with E-state index in [2.05, 4.69) is 75.2 Å². The molecule has 1 aliphatic rings. The minimum absolute atomic E-state index is 0.0472. The van der Waals surface area contributed by atoms with Crippen LogP contribution in [0.15, 0.2) is 72.1 Å². The molecule has 1 aromatic heterocycles. The van der Waals surface area contributed by atoms with Gasteiger partial charge in [0, 0.05) is 29.7 Å². The first-order valence-corrected chi connectivity index (χ1v) is 11.4. The number of carbonyl (C=O) groups is 1. The summed E-state index contributed by atoms with van der Waals surface area (Å²) in [7, 11) is 0. The number of para-hydroxylation sites is 1. The maximum absolute atomic E-state index is 12.9. The minimum Gasteiger partial charge on any atom is -0.360 e. The van der Waals surface area contributed by atoms with Crippen molar-refractivity contribution in [3.63, 3.8) is 0 Å². The SMILES string of the molecule is CC1=CC(C)(C)N(C(C)C)c2cc(C)c(/C=N\NC(=O)c3ccccc3-n3cccc3)cc21. The highest BCUT2D eigenvalue weighted by molar-refractivity contribution is 5.98. The van der Waals surface area contributed by atoms with Crippen LogP contribution in [0.1, 0.15) is 61.7 Å².